The van der Waals surface area contributed by atoms with Gasteiger partial charge in [0.05, 0.1) is 0 Å². The summed E-state index contributed by atoms with van der Waals surface area (Å²) in [7, 11) is 2.05. The Labute approximate surface area is 86.5 Å². The molecule has 14 heavy (non-hydrogen) atoms. The Morgan fingerprint density at radius 2 is 2.21 bits per heavy atom. The Bertz CT molecular complexity index is 302. The molecule has 0 spiro atoms. The lowest BCUT2D eigenvalue weighted by Gasteiger charge is -2.16. The molecule has 1 nitrogen and oxygen atoms in total. The van der Waals surface area contributed by atoms with Crippen molar-refractivity contribution < 1.29 is 0 Å². The predicted octanol–water partition coefficient (Wildman–Crippen LogP) is 2.71. The van der Waals surface area contributed by atoms with E-state index in [0.29, 0.717) is 0 Å². The number of hydrogen-bond acceptors (Lipinski definition) is 1. The van der Waals surface area contributed by atoms with E-state index in [1.54, 1.807) is 0 Å². The minimum absolute atomic E-state index is 0.736. The lowest BCUT2D eigenvalue weighted by Crippen LogP contribution is -2.18. The van der Waals surface area contributed by atoms with Gasteiger partial charge in [-0.05, 0) is 44.2 Å². The van der Waals surface area contributed by atoms with Gasteiger partial charge in [0.2, 0.25) is 0 Å². The summed E-state index contributed by atoms with van der Waals surface area (Å²) >= 11 is 0. The monoisotopic (exact) mass is 189 g/mol. The quantitative estimate of drug-likeness (QED) is 0.768. The van der Waals surface area contributed by atoms with E-state index < -0.39 is 0 Å². The molecule has 0 amide bonds. The average Bonchev–Trinajstić information content (AvgIpc) is 2.97. The molecule has 0 bridgehead atoms. The van der Waals surface area contributed by atoms with Crippen LogP contribution in [-0.4, -0.2) is 13.6 Å². The molecule has 1 fully saturated rings. The van der Waals surface area contributed by atoms with Crippen LogP contribution in [0.2, 0.25) is 0 Å². The van der Waals surface area contributed by atoms with E-state index in [9.17, 15) is 0 Å². The van der Waals surface area contributed by atoms with Crippen molar-refractivity contribution in [2.24, 2.45) is 5.92 Å². The van der Waals surface area contributed by atoms with Crippen molar-refractivity contribution >= 4 is 0 Å². The van der Waals surface area contributed by atoms with Crippen molar-refractivity contribution in [2.45, 2.75) is 25.7 Å². The van der Waals surface area contributed by atoms with Gasteiger partial charge in [0, 0.05) is 6.54 Å². The summed E-state index contributed by atoms with van der Waals surface area (Å²) in [6, 6.07) is 8.95. The van der Waals surface area contributed by atoms with Gasteiger partial charge >= 0.3 is 0 Å². The number of rotatable bonds is 4. The smallest absolute Gasteiger partial charge is 0.00198 e. The highest BCUT2D eigenvalue weighted by Gasteiger charge is 2.31. The molecule has 76 valence electrons. The summed E-state index contributed by atoms with van der Waals surface area (Å²) in [5, 5.41) is 3.31. The second-order valence-electron chi connectivity index (χ2n) is 4.42. The highest BCUT2D eigenvalue weighted by molar-refractivity contribution is 5.27. The van der Waals surface area contributed by atoms with E-state index in [0.717, 1.165) is 18.4 Å². The molecule has 0 aliphatic heterocycles. The molecule has 1 N–H and O–H groups in total. The van der Waals surface area contributed by atoms with Crippen LogP contribution in [-0.2, 0) is 0 Å². The highest BCUT2D eigenvalue weighted by Crippen LogP contribution is 2.42. The summed E-state index contributed by atoms with van der Waals surface area (Å²) in [5.41, 5.74) is 2.89. The molecule has 1 heteroatoms. The van der Waals surface area contributed by atoms with Crippen molar-refractivity contribution in [3.8, 4) is 0 Å². The van der Waals surface area contributed by atoms with Crippen molar-refractivity contribution in [2.75, 3.05) is 13.6 Å². The number of hydrogen-bond donors (Lipinski definition) is 1. The molecule has 2 rings (SSSR count). The van der Waals surface area contributed by atoms with Crippen molar-refractivity contribution in [3.63, 3.8) is 0 Å². The lowest BCUT2D eigenvalue weighted by molar-refractivity contribution is 0.566. The Balaban J connectivity index is 2.16. The van der Waals surface area contributed by atoms with Gasteiger partial charge in [-0.15, -0.1) is 0 Å². The molecule has 0 radical (unpaired) electrons. The molecule has 1 atom stereocenters. The largest absolute Gasteiger partial charge is 0.319 e. The lowest BCUT2D eigenvalue weighted by atomic mass is 9.93. The Kier molecular flexibility index (Phi) is 2.87. The molecule has 1 aliphatic carbocycles. The Morgan fingerprint density at radius 3 is 2.79 bits per heavy atom. The predicted molar refractivity (Wildman–Crippen MR) is 60.6 cm³/mol. The molecule has 0 saturated heterocycles. The molecule has 1 aromatic carbocycles. The minimum atomic E-state index is 0.736. The first-order valence-electron chi connectivity index (χ1n) is 5.52. The van der Waals surface area contributed by atoms with E-state index >= 15 is 0 Å². The second kappa shape index (κ2) is 4.14. The van der Waals surface area contributed by atoms with Crippen molar-refractivity contribution in [1.82, 2.24) is 5.32 Å². The summed E-state index contributed by atoms with van der Waals surface area (Å²) in [5.74, 6) is 1.67. The van der Waals surface area contributed by atoms with Gasteiger partial charge in [0.25, 0.3) is 0 Å². The summed E-state index contributed by atoms with van der Waals surface area (Å²) < 4.78 is 0. The van der Waals surface area contributed by atoms with Crippen LogP contribution in [0.1, 0.15) is 29.9 Å². The first-order chi connectivity index (χ1) is 6.81. The van der Waals surface area contributed by atoms with Crippen molar-refractivity contribution in [3.05, 3.63) is 35.4 Å². The zero-order valence-electron chi connectivity index (χ0n) is 9.09. The molecular formula is C13H19N. The van der Waals surface area contributed by atoms with Crippen LogP contribution >= 0.6 is 0 Å². The van der Waals surface area contributed by atoms with Crippen LogP contribution in [0.3, 0.4) is 0 Å². The van der Waals surface area contributed by atoms with Crippen LogP contribution in [0.4, 0.5) is 0 Å². The topological polar surface area (TPSA) is 12.0 Å². The number of likely N-dealkylation sites (N-methyl/N-ethyl adjacent to an activating group) is 1. The molecular weight excluding hydrogens is 170 g/mol. The van der Waals surface area contributed by atoms with E-state index in [-0.39, 0.29) is 0 Å². The third-order valence-corrected chi connectivity index (χ3v) is 3.09. The van der Waals surface area contributed by atoms with Crippen LogP contribution in [0.25, 0.3) is 0 Å². The van der Waals surface area contributed by atoms with Crippen LogP contribution in [0.15, 0.2) is 24.3 Å². The fourth-order valence-corrected chi connectivity index (χ4v) is 2.18. The van der Waals surface area contributed by atoms with Gasteiger partial charge in [0.15, 0.2) is 0 Å². The van der Waals surface area contributed by atoms with Gasteiger partial charge in [-0.1, -0.05) is 29.8 Å². The van der Waals surface area contributed by atoms with Gasteiger partial charge in [0.1, 0.15) is 0 Å². The maximum Gasteiger partial charge on any atom is 0.00198 e. The van der Waals surface area contributed by atoms with Crippen molar-refractivity contribution in [1.29, 1.82) is 0 Å². The highest BCUT2D eigenvalue weighted by atomic mass is 14.8. The second-order valence-corrected chi connectivity index (χ2v) is 4.42. The third kappa shape index (κ3) is 2.16. The number of nitrogens with one attached hydrogen (secondary N) is 1. The minimum Gasteiger partial charge on any atom is -0.319 e. The molecule has 1 saturated carbocycles. The maximum absolute atomic E-state index is 3.31. The molecule has 1 aliphatic rings. The molecule has 0 heterocycles. The van der Waals surface area contributed by atoms with Gasteiger partial charge in [-0.25, -0.2) is 0 Å². The Morgan fingerprint density at radius 1 is 1.43 bits per heavy atom. The van der Waals surface area contributed by atoms with Crippen LogP contribution in [0.5, 0.6) is 0 Å². The first-order valence-corrected chi connectivity index (χ1v) is 5.52. The van der Waals surface area contributed by atoms with Gasteiger partial charge in [-0.2, -0.15) is 0 Å². The van der Waals surface area contributed by atoms with E-state index in [2.05, 4.69) is 36.5 Å². The molecule has 1 aromatic rings. The standard InChI is InChI=1S/C13H19N/c1-10-4-3-5-12(8-10)13(9-14-2)11-6-7-11/h3-5,8,11,13-14H,6-7,9H2,1-2H3. The van der Waals surface area contributed by atoms with Gasteiger partial charge < -0.3 is 5.32 Å². The average molecular weight is 189 g/mol. The fourth-order valence-electron chi connectivity index (χ4n) is 2.18. The number of aryl methyl sites for hydroxylation is 1. The van der Waals surface area contributed by atoms with E-state index in [1.807, 2.05) is 7.05 Å². The summed E-state index contributed by atoms with van der Waals surface area (Å²) in [6.07, 6.45) is 2.83. The first kappa shape index (κ1) is 9.72. The normalized spacial score (nSPS) is 18.1. The fraction of sp³-hybridized carbons (Fsp3) is 0.538. The molecule has 0 aromatic heterocycles. The SMILES string of the molecule is CNCC(c1cccc(C)c1)C1CC1. The summed E-state index contributed by atoms with van der Waals surface area (Å²) in [4.78, 5) is 0. The van der Waals surface area contributed by atoms with Gasteiger partial charge in [-0.3, -0.25) is 0 Å². The van der Waals surface area contributed by atoms with E-state index in [1.165, 1.54) is 24.0 Å². The van der Waals surface area contributed by atoms with E-state index in [4.69, 9.17) is 0 Å². The zero-order valence-corrected chi connectivity index (χ0v) is 9.09. The summed E-state index contributed by atoms with van der Waals surface area (Å²) in [6.45, 7) is 3.29. The maximum atomic E-state index is 3.31. The van der Waals surface area contributed by atoms with Crippen LogP contribution in [0, 0.1) is 12.8 Å². The van der Waals surface area contributed by atoms with Crippen LogP contribution < -0.4 is 5.32 Å². The third-order valence-electron chi connectivity index (χ3n) is 3.09. The number of benzene rings is 1. The molecule has 1 unspecified atom stereocenters. The zero-order chi connectivity index (χ0) is 9.97. The Hall–Kier alpha value is -0.820.